The van der Waals surface area contributed by atoms with Gasteiger partial charge in [-0.05, 0) is 50.5 Å². The molecule has 2 rings (SSSR count). The van der Waals surface area contributed by atoms with Gasteiger partial charge in [0.15, 0.2) is 0 Å². The van der Waals surface area contributed by atoms with Gasteiger partial charge < -0.3 is 15.8 Å². The van der Waals surface area contributed by atoms with E-state index < -0.39 is 0 Å². The smallest absolute Gasteiger partial charge is 0.222 e. The van der Waals surface area contributed by atoms with Gasteiger partial charge in [-0.2, -0.15) is 0 Å². The van der Waals surface area contributed by atoms with E-state index in [4.69, 9.17) is 10.5 Å². The highest BCUT2D eigenvalue weighted by Gasteiger charge is 2.26. The van der Waals surface area contributed by atoms with Crippen molar-refractivity contribution in [3.63, 3.8) is 0 Å². The van der Waals surface area contributed by atoms with Crippen LogP contribution in [-0.4, -0.2) is 31.7 Å². The van der Waals surface area contributed by atoms with Gasteiger partial charge in [-0.15, -0.1) is 0 Å². The largest absolute Gasteiger partial charge is 0.378 e. The van der Waals surface area contributed by atoms with Crippen LogP contribution in [0, 0.1) is 11.8 Å². The summed E-state index contributed by atoms with van der Waals surface area (Å²) in [6.45, 7) is 2.37. The van der Waals surface area contributed by atoms with Crippen molar-refractivity contribution in [2.45, 2.75) is 51.0 Å². The number of ether oxygens (including phenoxy) is 1. The Labute approximate surface area is 110 Å². The van der Waals surface area contributed by atoms with Crippen LogP contribution in [-0.2, 0) is 9.53 Å². The number of hydrogen-bond donors (Lipinski definition) is 2. The van der Waals surface area contributed by atoms with Gasteiger partial charge in [0.25, 0.3) is 0 Å². The number of rotatable bonds is 5. The summed E-state index contributed by atoms with van der Waals surface area (Å²) in [6, 6.07) is 0. The quantitative estimate of drug-likeness (QED) is 0.780. The molecule has 2 fully saturated rings. The SMILES string of the molecule is NCC1CCCC1CNC(=O)CC1CCCCO1. The molecule has 2 aliphatic rings. The van der Waals surface area contributed by atoms with E-state index in [1.807, 2.05) is 0 Å². The maximum atomic E-state index is 11.8. The Kier molecular flexibility index (Phi) is 5.45. The van der Waals surface area contributed by atoms with Crippen LogP contribution in [0.1, 0.15) is 44.9 Å². The maximum Gasteiger partial charge on any atom is 0.222 e. The van der Waals surface area contributed by atoms with E-state index in [9.17, 15) is 4.79 Å². The molecule has 1 amide bonds. The number of nitrogens with two attached hydrogens (primary N) is 1. The van der Waals surface area contributed by atoms with Gasteiger partial charge in [-0.25, -0.2) is 0 Å². The van der Waals surface area contributed by atoms with Crippen LogP contribution in [0.2, 0.25) is 0 Å². The van der Waals surface area contributed by atoms with Crippen molar-refractivity contribution >= 4 is 5.91 Å². The summed E-state index contributed by atoms with van der Waals surface area (Å²) in [4.78, 5) is 11.8. The molecule has 104 valence electrons. The number of carbonyl (C=O) groups excluding carboxylic acids is 1. The molecule has 1 saturated carbocycles. The summed E-state index contributed by atoms with van der Waals surface area (Å²) >= 11 is 0. The van der Waals surface area contributed by atoms with Gasteiger partial charge in [0.05, 0.1) is 12.5 Å². The lowest BCUT2D eigenvalue weighted by Gasteiger charge is -2.23. The zero-order valence-corrected chi connectivity index (χ0v) is 11.2. The van der Waals surface area contributed by atoms with Gasteiger partial charge in [0.2, 0.25) is 5.91 Å². The Morgan fingerprint density at radius 3 is 2.72 bits per heavy atom. The lowest BCUT2D eigenvalue weighted by molar-refractivity contribution is -0.125. The Morgan fingerprint density at radius 2 is 2.00 bits per heavy atom. The Bertz CT molecular complexity index is 265. The summed E-state index contributed by atoms with van der Waals surface area (Å²) < 4.78 is 5.58. The summed E-state index contributed by atoms with van der Waals surface area (Å²) in [5, 5.41) is 3.06. The molecule has 1 heterocycles. The van der Waals surface area contributed by atoms with E-state index in [-0.39, 0.29) is 12.0 Å². The van der Waals surface area contributed by atoms with Crippen molar-refractivity contribution in [1.82, 2.24) is 5.32 Å². The normalized spacial score (nSPS) is 32.4. The van der Waals surface area contributed by atoms with Crippen LogP contribution >= 0.6 is 0 Å². The van der Waals surface area contributed by atoms with Crippen molar-refractivity contribution in [2.24, 2.45) is 17.6 Å². The van der Waals surface area contributed by atoms with Crippen LogP contribution in [0.3, 0.4) is 0 Å². The monoisotopic (exact) mass is 254 g/mol. The van der Waals surface area contributed by atoms with Crippen LogP contribution in [0.4, 0.5) is 0 Å². The third-order valence-corrected chi connectivity index (χ3v) is 4.37. The van der Waals surface area contributed by atoms with E-state index >= 15 is 0 Å². The molecule has 3 N–H and O–H groups in total. The van der Waals surface area contributed by atoms with E-state index in [2.05, 4.69) is 5.32 Å². The molecule has 0 radical (unpaired) electrons. The van der Waals surface area contributed by atoms with Gasteiger partial charge in [-0.3, -0.25) is 4.79 Å². The molecule has 4 nitrogen and oxygen atoms in total. The molecule has 1 aliphatic carbocycles. The fourth-order valence-corrected chi connectivity index (χ4v) is 3.18. The van der Waals surface area contributed by atoms with Gasteiger partial charge in [0, 0.05) is 13.2 Å². The first-order chi connectivity index (χ1) is 8.79. The number of carbonyl (C=O) groups is 1. The zero-order chi connectivity index (χ0) is 12.8. The van der Waals surface area contributed by atoms with Crippen molar-refractivity contribution in [2.75, 3.05) is 19.7 Å². The van der Waals surface area contributed by atoms with Crippen LogP contribution < -0.4 is 11.1 Å². The molecule has 0 bridgehead atoms. The molecule has 0 aromatic heterocycles. The molecular weight excluding hydrogens is 228 g/mol. The first-order valence-corrected chi connectivity index (χ1v) is 7.38. The maximum absolute atomic E-state index is 11.8. The first kappa shape index (κ1) is 13.8. The molecule has 0 aromatic carbocycles. The number of nitrogens with one attached hydrogen (secondary N) is 1. The molecule has 1 aliphatic heterocycles. The number of hydrogen-bond acceptors (Lipinski definition) is 3. The second-order valence-electron chi connectivity index (χ2n) is 5.68. The molecule has 3 atom stereocenters. The van der Waals surface area contributed by atoms with Crippen LogP contribution in [0.15, 0.2) is 0 Å². The fourth-order valence-electron chi connectivity index (χ4n) is 3.18. The van der Waals surface area contributed by atoms with E-state index in [1.165, 1.54) is 25.7 Å². The average molecular weight is 254 g/mol. The van der Waals surface area contributed by atoms with Crippen molar-refractivity contribution in [1.29, 1.82) is 0 Å². The van der Waals surface area contributed by atoms with Crippen LogP contribution in [0.5, 0.6) is 0 Å². The lowest BCUT2D eigenvalue weighted by Crippen LogP contribution is -2.35. The second kappa shape index (κ2) is 7.10. The molecular formula is C14H26N2O2. The molecule has 3 unspecified atom stereocenters. The zero-order valence-electron chi connectivity index (χ0n) is 11.2. The average Bonchev–Trinajstić information content (AvgIpc) is 2.85. The lowest BCUT2D eigenvalue weighted by atomic mass is 9.96. The Hall–Kier alpha value is -0.610. The Balaban J connectivity index is 1.64. The van der Waals surface area contributed by atoms with E-state index in [0.717, 1.165) is 32.5 Å². The minimum Gasteiger partial charge on any atom is -0.378 e. The van der Waals surface area contributed by atoms with Crippen LogP contribution in [0.25, 0.3) is 0 Å². The van der Waals surface area contributed by atoms with Gasteiger partial charge in [0.1, 0.15) is 0 Å². The molecule has 0 aromatic rings. The highest BCUT2D eigenvalue weighted by molar-refractivity contribution is 5.76. The van der Waals surface area contributed by atoms with Gasteiger partial charge >= 0.3 is 0 Å². The van der Waals surface area contributed by atoms with Crippen molar-refractivity contribution < 1.29 is 9.53 Å². The predicted octanol–water partition coefficient (Wildman–Crippen LogP) is 1.44. The summed E-state index contributed by atoms with van der Waals surface area (Å²) in [5.41, 5.74) is 5.75. The third-order valence-electron chi connectivity index (χ3n) is 4.37. The minimum atomic E-state index is 0.143. The molecule has 0 spiro atoms. The minimum absolute atomic E-state index is 0.143. The van der Waals surface area contributed by atoms with Crippen molar-refractivity contribution in [3.8, 4) is 0 Å². The fraction of sp³-hybridized carbons (Fsp3) is 0.929. The van der Waals surface area contributed by atoms with Gasteiger partial charge in [-0.1, -0.05) is 6.42 Å². The summed E-state index contributed by atoms with van der Waals surface area (Å²) in [6.07, 6.45) is 7.72. The highest BCUT2D eigenvalue weighted by atomic mass is 16.5. The molecule has 1 saturated heterocycles. The topological polar surface area (TPSA) is 64.3 Å². The number of amides is 1. The summed E-state index contributed by atoms with van der Waals surface area (Å²) in [7, 11) is 0. The van der Waals surface area contributed by atoms with E-state index in [0.29, 0.717) is 18.3 Å². The molecule has 18 heavy (non-hydrogen) atoms. The predicted molar refractivity (Wildman–Crippen MR) is 71.1 cm³/mol. The third kappa shape index (κ3) is 3.95. The molecule has 4 heteroatoms. The first-order valence-electron chi connectivity index (χ1n) is 7.38. The second-order valence-corrected chi connectivity index (χ2v) is 5.68. The van der Waals surface area contributed by atoms with E-state index in [1.54, 1.807) is 0 Å². The van der Waals surface area contributed by atoms with Crippen molar-refractivity contribution in [3.05, 3.63) is 0 Å². The Morgan fingerprint density at radius 1 is 1.17 bits per heavy atom. The standard InChI is InChI=1S/C14H26N2O2/c15-9-11-4-3-5-12(11)10-16-14(17)8-13-6-1-2-7-18-13/h11-13H,1-10,15H2,(H,16,17). The highest BCUT2D eigenvalue weighted by Crippen LogP contribution is 2.30. The summed E-state index contributed by atoms with van der Waals surface area (Å²) in [5.74, 6) is 1.34.